The maximum Gasteiger partial charge on any atom is 0.318 e. The molecule has 2 aromatic carbocycles. The first-order valence-electron chi connectivity index (χ1n) is 13.4. The summed E-state index contributed by atoms with van der Waals surface area (Å²) in [6, 6.07) is 15.9. The van der Waals surface area contributed by atoms with Gasteiger partial charge in [0.15, 0.2) is 5.82 Å². The average molecular weight is 584 g/mol. The van der Waals surface area contributed by atoms with Crippen LogP contribution in [0.4, 0.5) is 4.79 Å². The lowest BCUT2D eigenvalue weighted by molar-refractivity contribution is 0.103. The van der Waals surface area contributed by atoms with E-state index in [4.69, 9.17) is 0 Å². The summed E-state index contributed by atoms with van der Waals surface area (Å²) in [5, 5.41) is 27.6. The maximum atomic E-state index is 13.7. The van der Waals surface area contributed by atoms with Crippen molar-refractivity contribution in [2.45, 2.75) is 84.5 Å². The van der Waals surface area contributed by atoms with Crippen molar-refractivity contribution >= 4 is 22.0 Å². The number of H-pyrrole nitrogens is 1. The number of nitrogens with zero attached hydrogens (tertiary/aromatic N) is 4. The molecule has 8 nitrogen and oxygen atoms in total. The molecule has 3 N–H and O–H groups in total. The average Bonchev–Trinajstić information content (AvgIpc) is 3.40. The van der Waals surface area contributed by atoms with Crippen LogP contribution in [-0.2, 0) is 13.0 Å². The zero-order chi connectivity index (χ0) is 27.3. The van der Waals surface area contributed by atoms with Crippen molar-refractivity contribution in [1.29, 1.82) is 0 Å². The molecule has 1 aliphatic rings. The molecule has 1 fully saturated rings. The van der Waals surface area contributed by atoms with E-state index in [1.165, 1.54) is 0 Å². The predicted octanol–water partition coefficient (Wildman–Crippen LogP) is 6.12. The van der Waals surface area contributed by atoms with Crippen LogP contribution in [0.2, 0.25) is 0 Å². The van der Waals surface area contributed by atoms with Gasteiger partial charge in [-0.15, -0.1) is 10.2 Å². The van der Waals surface area contributed by atoms with Crippen molar-refractivity contribution in [3.8, 4) is 0 Å². The summed E-state index contributed by atoms with van der Waals surface area (Å²) >= 11 is 3.48. The monoisotopic (exact) mass is 582 g/mol. The third-order valence-corrected chi connectivity index (χ3v) is 8.34. The highest BCUT2D eigenvalue weighted by atomic mass is 79.9. The largest absolute Gasteiger partial charge is 0.388 e. The number of hydrogen-bond acceptors (Lipinski definition) is 5. The number of tetrazole rings is 1. The molecule has 1 saturated carbocycles. The summed E-state index contributed by atoms with van der Waals surface area (Å²) in [5.41, 5.74) is 3.17. The Morgan fingerprint density at radius 3 is 2.29 bits per heavy atom. The molecule has 2 amide bonds. The fraction of sp³-hybridized carbons (Fsp3) is 0.517. The number of urea groups is 1. The highest BCUT2D eigenvalue weighted by Crippen LogP contribution is 2.39. The van der Waals surface area contributed by atoms with Crippen LogP contribution in [0.15, 0.2) is 53.0 Å². The molecular weight excluding hydrogens is 544 g/mol. The third kappa shape index (κ3) is 7.41. The van der Waals surface area contributed by atoms with E-state index in [9.17, 15) is 9.90 Å². The summed E-state index contributed by atoms with van der Waals surface area (Å²) < 4.78 is 1.02. The first kappa shape index (κ1) is 28.2. The Hall–Kier alpha value is -2.78. The van der Waals surface area contributed by atoms with Crippen LogP contribution in [0.3, 0.4) is 0 Å². The first-order valence-corrected chi connectivity index (χ1v) is 14.2. The molecule has 0 bridgehead atoms. The Kier molecular flexibility index (Phi) is 9.20. The number of aromatic nitrogens is 4. The quantitative estimate of drug-likeness (QED) is 0.297. The molecule has 1 aromatic heterocycles. The Morgan fingerprint density at radius 2 is 1.71 bits per heavy atom. The molecule has 204 valence electrons. The second-order valence-corrected chi connectivity index (χ2v) is 12.4. The van der Waals surface area contributed by atoms with Gasteiger partial charge >= 0.3 is 6.03 Å². The van der Waals surface area contributed by atoms with Crippen LogP contribution in [-0.4, -0.2) is 42.7 Å². The van der Waals surface area contributed by atoms with Gasteiger partial charge in [-0.1, -0.05) is 78.3 Å². The van der Waals surface area contributed by atoms with Gasteiger partial charge in [-0.25, -0.2) is 4.79 Å². The lowest BCUT2D eigenvalue weighted by atomic mass is 9.71. The number of aromatic amines is 1. The molecule has 0 aliphatic heterocycles. The molecule has 3 aromatic rings. The number of carbonyl (C=O) groups is 1. The predicted molar refractivity (Wildman–Crippen MR) is 151 cm³/mol. The summed E-state index contributed by atoms with van der Waals surface area (Å²) in [6.07, 6.45) is 3.83. The normalized spacial score (nSPS) is 19.5. The van der Waals surface area contributed by atoms with E-state index in [1.807, 2.05) is 60.4 Å². The molecule has 0 saturated heterocycles. The summed E-state index contributed by atoms with van der Waals surface area (Å²) in [6.45, 7) is 9.49. The second kappa shape index (κ2) is 12.4. The number of amides is 2. The summed E-state index contributed by atoms with van der Waals surface area (Å²) in [5.74, 6) is 1.14. The number of rotatable bonds is 8. The van der Waals surface area contributed by atoms with Gasteiger partial charge in [-0.3, -0.25) is 0 Å². The molecule has 38 heavy (non-hydrogen) atoms. The SMILES string of the molecule is C[C@H](NC(=O)N(Cc1ccc(C(O)Cc2nn[nH]n2)cc1)C1CCC(C(C)(C)C)CC1)c1ccc(Br)cc1. The molecule has 1 aliphatic carbocycles. The number of halogens is 1. The number of aliphatic hydroxyl groups is 1. The Bertz CT molecular complexity index is 1150. The molecular formula is C29H39BrN6O2. The van der Waals surface area contributed by atoms with E-state index in [1.54, 1.807) is 0 Å². The lowest BCUT2D eigenvalue weighted by Crippen LogP contribution is -2.48. The van der Waals surface area contributed by atoms with Gasteiger partial charge in [0.2, 0.25) is 0 Å². The van der Waals surface area contributed by atoms with Crippen LogP contribution in [0.1, 0.15) is 88.0 Å². The molecule has 4 rings (SSSR count). The molecule has 1 heterocycles. The fourth-order valence-electron chi connectivity index (χ4n) is 5.32. The van der Waals surface area contributed by atoms with Gasteiger partial charge in [0, 0.05) is 23.5 Å². The van der Waals surface area contributed by atoms with E-state index < -0.39 is 6.10 Å². The van der Waals surface area contributed by atoms with Crippen LogP contribution < -0.4 is 5.32 Å². The van der Waals surface area contributed by atoms with Crippen LogP contribution in [0, 0.1) is 11.3 Å². The number of nitrogens with one attached hydrogen (secondary N) is 2. The zero-order valence-electron chi connectivity index (χ0n) is 22.7. The van der Waals surface area contributed by atoms with E-state index in [0.29, 0.717) is 18.3 Å². The molecule has 9 heteroatoms. The van der Waals surface area contributed by atoms with Crippen molar-refractivity contribution < 1.29 is 9.90 Å². The zero-order valence-corrected chi connectivity index (χ0v) is 24.3. The van der Waals surface area contributed by atoms with Crippen molar-refractivity contribution in [2.75, 3.05) is 0 Å². The second-order valence-electron chi connectivity index (χ2n) is 11.5. The highest BCUT2D eigenvalue weighted by molar-refractivity contribution is 9.10. The minimum atomic E-state index is -0.722. The van der Waals surface area contributed by atoms with Crippen molar-refractivity contribution in [3.63, 3.8) is 0 Å². The Balaban J connectivity index is 1.47. The van der Waals surface area contributed by atoms with E-state index in [2.05, 4.69) is 62.6 Å². The van der Waals surface area contributed by atoms with Gasteiger partial charge in [-0.05, 0) is 72.8 Å². The Morgan fingerprint density at radius 1 is 1.08 bits per heavy atom. The molecule has 0 spiro atoms. The maximum absolute atomic E-state index is 13.7. The van der Waals surface area contributed by atoms with E-state index >= 15 is 0 Å². The van der Waals surface area contributed by atoms with Gasteiger partial charge in [-0.2, -0.15) is 5.21 Å². The van der Waals surface area contributed by atoms with Crippen molar-refractivity contribution in [2.24, 2.45) is 11.3 Å². The third-order valence-electron chi connectivity index (χ3n) is 7.82. The van der Waals surface area contributed by atoms with Crippen LogP contribution in [0.5, 0.6) is 0 Å². The number of hydrogen-bond donors (Lipinski definition) is 3. The van der Waals surface area contributed by atoms with Crippen molar-refractivity contribution in [3.05, 3.63) is 75.5 Å². The van der Waals surface area contributed by atoms with Crippen LogP contribution in [0.25, 0.3) is 0 Å². The van der Waals surface area contributed by atoms with E-state index in [-0.39, 0.29) is 30.0 Å². The van der Waals surface area contributed by atoms with Gasteiger partial charge in [0.05, 0.1) is 12.1 Å². The molecule has 0 radical (unpaired) electrons. The smallest absolute Gasteiger partial charge is 0.318 e. The summed E-state index contributed by atoms with van der Waals surface area (Å²) in [7, 11) is 0. The fourth-order valence-corrected chi connectivity index (χ4v) is 5.59. The first-order chi connectivity index (χ1) is 18.1. The van der Waals surface area contributed by atoms with Crippen LogP contribution >= 0.6 is 15.9 Å². The minimum Gasteiger partial charge on any atom is -0.388 e. The number of benzene rings is 2. The van der Waals surface area contributed by atoms with Gasteiger partial charge in [0.1, 0.15) is 0 Å². The van der Waals surface area contributed by atoms with Gasteiger partial charge < -0.3 is 15.3 Å². The van der Waals surface area contributed by atoms with Crippen molar-refractivity contribution in [1.82, 2.24) is 30.8 Å². The summed E-state index contributed by atoms with van der Waals surface area (Å²) in [4.78, 5) is 15.7. The minimum absolute atomic E-state index is 0.0409. The molecule has 1 unspecified atom stereocenters. The number of carbonyl (C=O) groups excluding carboxylic acids is 1. The number of aliphatic hydroxyl groups excluding tert-OH is 1. The Labute approximate surface area is 233 Å². The topological polar surface area (TPSA) is 107 Å². The van der Waals surface area contributed by atoms with E-state index in [0.717, 1.165) is 46.8 Å². The lowest BCUT2D eigenvalue weighted by Gasteiger charge is -2.41. The van der Waals surface area contributed by atoms with Gasteiger partial charge in [0.25, 0.3) is 0 Å². The molecule has 2 atom stereocenters. The highest BCUT2D eigenvalue weighted by Gasteiger charge is 2.34. The standard InChI is InChI=1S/C29H39BrN6O2/c1-19(21-9-13-24(30)14-10-21)31-28(38)36(25-15-11-23(12-16-25)29(2,3)4)18-20-5-7-22(8-6-20)26(37)17-27-32-34-35-33-27/h5-10,13-14,19,23,25-26,37H,11-12,15-18H2,1-4H3,(H,31,38)(H,32,33,34,35)/t19-,23?,25?,26?/m0/s1.